The molecule has 0 saturated carbocycles. The largest absolute Gasteiger partial charge is 0.466 e. The number of nitrogens with zero attached hydrogens (tertiary/aromatic N) is 1. The molecule has 0 saturated heterocycles. The van der Waals surface area contributed by atoms with Gasteiger partial charge < -0.3 is 4.74 Å². The van der Waals surface area contributed by atoms with E-state index in [-0.39, 0.29) is 24.1 Å². The number of H-pyrrole nitrogens is 1. The molecule has 6 nitrogen and oxygen atoms in total. The minimum absolute atomic E-state index is 0.0632. The van der Waals surface area contributed by atoms with Crippen molar-refractivity contribution in [3.63, 3.8) is 0 Å². The zero-order valence-electron chi connectivity index (χ0n) is 8.36. The van der Waals surface area contributed by atoms with Gasteiger partial charge in [-0.05, 0) is 6.92 Å². The quantitative estimate of drug-likeness (QED) is 0.681. The number of hydrogen-bond donors (Lipinski definition) is 1. The second-order valence-electron chi connectivity index (χ2n) is 2.85. The number of aromatic nitrogens is 2. The maximum atomic E-state index is 11.2. The molecule has 0 unspecified atom stereocenters. The van der Waals surface area contributed by atoms with Gasteiger partial charge in [-0.1, -0.05) is 0 Å². The molecule has 15 heavy (non-hydrogen) atoms. The average Bonchev–Trinajstić information content (AvgIpc) is 2.20. The molecule has 0 radical (unpaired) electrons. The summed E-state index contributed by atoms with van der Waals surface area (Å²) in [5.74, 6) is -0.394. The molecule has 1 aromatic heterocycles. The van der Waals surface area contributed by atoms with Gasteiger partial charge in [0.15, 0.2) is 0 Å². The van der Waals surface area contributed by atoms with Crippen LogP contribution in [0.25, 0.3) is 0 Å². The van der Waals surface area contributed by atoms with Gasteiger partial charge >= 0.3 is 5.97 Å². The molecular formula is C9H12N2O4. The van der Waals surface area contributed by atoms with E-state index in [1.165, 1.54) is 0 Å². The molecule has 0 spiro atoms. The van der Waals surface area contributed by atoms with Gasteiger partial charge in [-0.15, -0.1) is 0 Å². The summed E-state index contributed by atoms with van der Waals surface area (Å²) in [5, 5.41) is 2.31. The molecule has 0 aliphatic heterocycles. The van der Waals surface area contributed by atoms with Crippen molar-refractivity contribution in [1.82, 2.24) is 9.78 Å². The molecule has 0 amide bonds. The smallest absolute Gasteiger partial charge is 0.307 e. The fraction of sp³-hybridized carbons (Fsp3) is 0.444. The molecule has 0 fully saturated rings. The number of aryl methyl sites for hydroxylation is 1. The van der Waals surface area contributed by atoms with Crippen LogP contribution in [-0.4, -0.2) is 22.4 Å². The van der Waals surface area contributed by atoms with Crippen LogP contribution in [0.2, 0.25) is 0 Å². The van der Waals surface area contributed by atoms with Crippen LogP contribution in [-0.2, 0) is 16.1 Å². The van der Waals surface area contributed by atoms with E-state index in [0.29, 0.717) is 6.61 Å². The van der Waals surface area contributed by atoms with E-state index in [1.54, 1.807) is 6.92 Å². The third-order valence-corrected chi connectivity index (χ3v) is 1.73. The highest BCUT2D eigenvalue weighted by Gasteiger charge is 2.03. The second kappa shape index (κ2) is 5.14. The van der Waals surface area contributed by atoms with Crippen molar-refractivity contribution in [3.05, 3.63) is 32.8 Å². The van der Waals surface area contributed by atoms with Crippen LogP contribution in [0.4, 0.5) is 0 Å². The number of carbonyl (C=O) groups is 1. The monoisotopic (exact) mass is 212 g/mol. The van der Waals surface area contributed by atoms with Gasteiger partial charge in [0, 0.05) is 12.1 Å². The van der Waals surface area contributed by atoms with Gasteiger partial charge in [-0.25, -0.2) is 4.68 Å². The first-order chi connectivity index (χ1) is 7.13. The molecule has 0 atom stereocenters. The van der Waals surface area contributed by atoms with Crippen molar-refractivity contribution in [1.29, 1.82) is 0 Å². The highest BCUT2D eigenvalue weighted by atomic mass is 16.5. The van der Waals surface area contributed by atoms with Crippen LogP contribution >= 0.6 is 0 Å². The highest BCUT2D eigenvalue weighted by molar-refractivity contribution is 5.69. The van der Waals surface area contributed by atoms with E-state index in [4.69, 9.17) is 0 Å². The van der Waals surface area contributed by atoms with Crippen LogP contribution in [0.1, 0.15) is 13.3 Å². The Morgan fingerprint density at radius 2 is 2.20 bits per heavy atom. The van der Waals surface area contributed by atoms with Crippen molar-refractivity contribution in [2.45, 2.75) is 19.9 Å². The van der Waals surface area contributed by atoms with Crippen LogP contribution in [0.15, 0.2) is 21.7 Å². The third-order valence-electron chi connectivity index (χ3n) is 1.73. The van der Waals surface area contributed by atoms with E-state index >= 15 is 0 Å². The van der Waals surface area contributed by atoms with Crippen molar-refractivity contribution < 1.29 is 9.53 Å². The number of esters is 1. The summed E-state index contributed by atoms with van der Waals surface area (Å²) in [4.78, 5) is 33.0. The van der Waals surface area contributed by atoms with E-state index in [1.807, 2.05) is 0 Å². The molecule has 6 heteroatoms. The summed E-state index contributed by atoms with van der Waals surface area (Å²) in [7, 11) is 0. The van der Waals surface area contributed by atoms with Gasteiger partial charge in [0.25, 0.3) is 11.1 Å². The summed E-state index contributed by atoms with van der Waals surface area (Å²) in [6.07, 6.45) is 0.0632. The number of hydrogen-bond acceptors (Lipinski definition) is 4. The molecule has 1 N–H and O–H groups in total. The lowest BCUT2D eigenvalue weighted by molar-refractivity contribution is -0.143. The fourth-order valence-electron chi connectivity index (χ4n) is 1.06. The predicted molar refractivity (Wildman–Crippen MR) is 52.6 cm³/mol. The van der Waals surface area contributed by atoms with Crippen LogP contribution in [0.5, 0.6) is 0 Å². The Balaban J connectivity index is 2.65. The Kier molecular flexibility index (Phi) is 3.84. The third kappa shape index (κ3) is 3.41. The highest BCUT2D eigenvalue weighted by Crippen LogP contribution is 1.87. The van der Waals surface area contributed by atoms with Gasteiger partial charge in [-0.2, -0.15) is 0 Å². The molecule has 0 bridgehead atoms. The van der Waals surface area contributed by atoms with E-state index in [2.05, 4.69) is 9.84 Å². The molecule has 0 aromatic carbocycles. The first-order valence-corrected chi connectivity index (χ1v) is 4.59. The van der Waals surface area contributed by atoms with Crippen molar-refractivity contribution >= 4 is 5.97 Å². The average molecular weight is 212 g/mol. The van der Waals surface area contributed by atoms with E-state index in [0.717, 1.165) is 16.8 Å². The topological polar surface area (TPSA) is 81.2 Å². The maximum Gasteiger partial charge on any atom is 0.307 e. The standard InChI is InChI=1S/C9H12N2O4/c1-2-15-9(14)5-6-11-8(13)4-3-7(12)10-11/h3-4H,2,5-6H2,1H3,(H,10,12). The maximum absolute atomic E-state index is 11.2. The molecule has 82 valence electrons. The molecule has 1 rings (SSSR count). The van der Waals surface area contributed by atoms with Crippen LogP contribution < -0.4 is 11.1 Å². The zero-order valence-corrected chi connectivity index (χ0v) is 8.36. The number of ether oxygens (including phenoxy) is 1. The van der Waals surface area contributed by atoms with Gasteiger partial charge in [0.2, 0.25) is 0 Å². The number of rotatable bonds is 4. The van der Waals surface area contributed by atoms with Crippen LogP contribution in [0.3, 0.4) is 0 Å². The molecular weight excluding hydrogens is 200 g/mol. The zero-order chi connectivity index (χ0) is 11.3. The molecule has 1 aromatic rings. The minimum atomic E-state index is -0.394. The lowest BCUT2D eigenvalue weighted by atomic mass is 10.4. The summed E-state index contributed by atoms with van der Waals surface area (Å²) < 4.78 is 5.77. The number of nitrogens with one attached hydrogen (secondary N) is 1. The van der Waals surface area contributed by atoms with Crippen LogP contribution in [0, 0.1) is 0 Å². The fourth-order valence-corrected chi connectivity index (χ4v) is 1.06. The molecule has 1 heterocycles. The van der Waals surface area contributed by atoms with Crippen molar-refractivity contribution in [2.75, 3.05) is 6.61 Å². The Morgan fingerprint density at radius 1 is 1.47 bits per heavy atom. The Labute approximate surface area is 85.5 Å². The summed E-state index contributed by atoms with van der Waals surface area (Å²) >= 11 is 0. The normalized spacial score (nSPS) is 9.93. The SMILES string of the molecule is CCOC(=O)CCn1[nH]c(=O)ccc1=O. The number of aromatic amines is 1. The van der Waals surface area contributed by atoms with Crippen molar-refractivity contribution in [3.8, 4) is 0 Å². The van der Waals surface area contributed by atoms with Gasteiger partial charge in [0.1, 0.15) is 0 Å². The Morgan fingerprint density at radius 3 is 2.87 bits per heavy atom. The van der Waals surface area contributed by atoms with E-state index in [9.17, 15) is 14.4 Å². The predicted octanol–water partition coefficient (Wildman–Crippen LogP) is -0.510. The summed E-state index contributed by atoms with van der Waals surface area (Å²) in [6.45, 7) is 2.13. The Bertz CT molecular complexity index is 446. The molecule has 0 aliphatic rings. The van der Waals surface area contributed by atoms with Crippen molar-refractivity contribution in [2.24, 2.45) is 0 Å². The summed E-state index contributed by atoms with van der Waals surface area (Å²) in [5.41, 5.74) is -0.725. The first kappa shape index (κ1) is 11.2. The van der Waals surface area contributed by atoms with Gasteiger partial charge in [-0.3, -0.25) is 19.5 Å². The van der Waals surface area contributed by atoms with Gasteiger partial charge in [0.05, 0.1) is 19.6 Å². The number of carbonyl (C=O) groups excluding carboxylic acids is 1. The lowest BCUT2D eigenvalue weighted by Crippen LogP contribution is -2.29. The summed E-state index contributed by atoms with van der Waals surface area (Å²) in [6, 6.07) is 2.30. The second-order valence-corrected chi connectivity index (χ2v) is 2.85. The first-order valence-electron chi connectivity index (χ1n) is 4.59. The Hall–Kier alpha value is -1.85. The molecule has 0 aliphatic carbocycles. The lowest BCUT2D eigenvalue weighted by Gasteiger charge is -2.04. The van der Waals surface area contributed by atoms with E-state index < -0.39 is 5.97 Å². The minimum Gasteiger partial charge on any atom is -0.466 e.